The van der Waals surface area contributed by atoms with Gasteiger partial charge in [-0.25, -0.2) is 9.18 Å². The van der Waals surface area contributed by atoms with Gasteiger partial charge in [0.2, 0.25) is 0 Å². The van der Waals surface area contributed by atoms with Gasteiger partial charge in [-0.05, 0) is 47.4 Å². The molecule has 0 saturated heterocycles. The molecular formula is C23H19FN2O2. The van der Waals surface area contributed by atoms with Crippen molar-refractivity contribution in [3.63, 3.8) is 0 Å². The molecule has 1 aromatic heterocycles. The molecule has 2 N–H and O–H groups in total. The topological polar surface area (TPSA) is 62.2 Å². The Morgan fingerprint density at radius 3 is 2.71 bits per heavy atom. The second kappa shape index (κ2) is 7.64. The summed E-state index contributed by atoms with van der Waals surface area (Å²) in [5.74, 6) is -0.324. The molecular weight excluding hydrogens is 355 g/mol. The number of hydrogen-bond acceptors (Lipinski definition) is 2. The summed E-state index contributed by atoms with van der Waals surface area (Å²) in [6, 6.07) is 18.0. The second-order valence-electron chi connectivity index (χ2n) is 6.83. The number of pyridine rings is 1. The first kappa shape index (κ1) is 17.9. The van der Waals surface area contributed by atoms with E-state index in [9.17, 15) is 9.18 Å². The van der Waals surface area contributed by atoms with E-state index < -0.39 is 6.09 Å². The molecule has 1 aliphatic carbocycles. The average Bonchev–Trinajstić information content (AvgIpc) is 3.03. The third-order valence-electron chi connectivity index (χ3n) is 5.02. The van der Waals surface area contributed by atoms with E-state index in [-0.39, 0.29) is 17.8 Å². The van der Waals surface area contributed by atoms with Crippen LogP contribution < -0.4 is 5.32 Å². The summed E-state index contributed by atoms with van der Waals surface area (Å²) in [5.41, 5.74) is 4.67. The lowest BCUT2D eigenvalue weighted by atomic mass is 9.97. The number of nitrogens with zero attached hydrogens (tertiary/aromatic N) is 1. The van der Waals surface area contributed by atoms with Crippen molar-refractivity contribution in [2.75, 3.05) is 0 Å². The largest absolute Gasteiger partial charge is 0.465 e. The Bertz CT molecular complexity index is 1030. The standard InChI is InChI=1S/C23H19FN2O2/c24-18-6-3-5-15(12-18)17-8-9-19(25-14-17)10-11-21-20-7-2-1-4-16(20)13-22(21)26-23(27)28/h1-12,14,21-22,26H,13H2,(H,27,28)/t21-,22-/m0/s1. The molecule has 0 unspecified atom stereocenters. The summed E-state index contributed by atoms with van der Waals surface area (Å²) in [5, 5.41) is 11.8. The van der Waals surface area contributed by atoms with Gasteiger partial charge in [0.05, 0.1) is 5.69 Å². The van der Waals surface area contributed by atoms with Crippen molar-refractivity contribution in [1.29, 1.82) is 0 Å². The number of hydrogen-bond donors (Lipinski definition) is 2. The molecule has 0 bridgehead atoms. The number of amides is 1. The van der Waals surface area contributed by atoms with E-state index in [0.717, 1.165) is 27.9 Å². The number of benzene rings is 2. The molecule has 1 aliphatic rings. The molecule has 0 spiro atoms. The highest BCUT2D eigenvalue weighted by molar-refractivity contribution is 5.66. The van der Waals surface area contributed by atoms with Crippen molar-refractivity contribution in [1.82, 2.24) is 10.3 Å². The van der Waals surface area contributed by atoms with Crippen LogP contribution in [0, 0.1) is 5.82 Å². The van der Waals surface area contributed by atoms with Crippen molar-refractivity contribution in [2.45, 2.75) is 18.4 Å². The lowest BCUT2D eigenvalue weighted by molar-refractivity contribution is 0.189. The van der Waals surface area contributed by atoms with Gasteiger partial charge in [-0.3, -0.25) is 4.98 Å². The molecule has 0 radical (unpaired) electrons. The minimum absolute atomic E-state index is 0.0444. The predicted molar refractivity (Wildman–Crippen MR) is 107 cm³/mol. The monoisotopic (exact) mass is 374 g/mol. The van der Waals surface area contributed by atoms with Crippen LogP contribution in [0.5, 0.6) is 0 Å². The molecule has 0 saturated carbocycles. The maximum atomic E-state index is 13.4. The number of carbonyl (C=O) groups is 1. The maximum Gasteiger partial charge on any atom is 0.404 e. The third kappa shape index (κ3) is 3.78. The Balaban J connectivity index is 1.56. The molecule has 4 rings (SSSR count). The molecule has 2 aromatic carbocycles. The molecule has 0 fully saturated rings. The van der Waals surface area contributed by atoms with E-state index in [1.54, 1.807) is 12.3 Å². The summed E-state index contributed by atoms with van der Waals surface area (Å²) in [4.78, 5) is 15.6. The average molecular weight is 374 g/mol. The lowest BCUT2D eigenvalue weighted by Crippen LogP contribution is -2.36. The van der Waals surface area contributed by atoms with Gasteiger partial charge < -0.3 is 10.4 Å². The van der Waals surface area contributed by atoms with Crippen LogP contribution >= 0.6 is 0 Å². The lowest BCUT2D eigenvalue weighted by Gasteiger charge is -2.17. The third-order valence-corrected chi connectivity index (χ3v) is 5.02. The van der Waals surface area contributed by atoms with E-state index >= 15 is 0 Å². The maximum absolute atomic E-state index is 13.4. The van der Waals surface area contributed by atoms with Crippen molar-refractivity contribution in [2.24, 2.45) is 0 Å². The molecule has 3 aromatic rings. The second-order valence-corrected chi connectivity index (χ2v) is 6.83. The van der Waals surface area contributed by atoms with E-state index in [1.165, 1.54) is 12.1 Å². The molecule has 5 heteroatoms. The normalized spacial score (nSPS) is 18.2. The first-order valence-electron chi connectivity index (χ1n) is 9.07. The summed E-state index contributed by atoms with van der Waals surface area (Å²) in [6.07, 6.45) is 5.26. The highest BCUT2D eigenvalue weighted by atomic mass is 19.1. The molecule has 1 amide bonds. The summed E-state index contributed by atoms with van der Waals surface area (Å²) in [7, 11) is 0. The minimum atomic E-state index is -1.02. The number of aromatic nitrogens is 1. The Morgan fingerprint density at radius 1 is 1.11 bits per heavy atom. The number of nitrogens with one attached hydrogen (secondary N) is 1. The van der Waals surface area contributed by atoms with Crippen LogP contribution in [-0.4, -0.2) is 22.2 Å². The number of rotatable bonds is 4. The predicted octanol–water partition coefficient (Wildman–Crippen LogP) is 4.88. The van der Waals surface area contributed by atoms with E-state index in [1.807, 2.05) is 54.6 Å². The Labute approximate surface area is 162 Å². The highest BCUT2D eigenvalue weighted by Gasteiger charge is 2.31. The summed E-state index contributed by atoms with van der Waals surface area (Å²) < 4.78 is 13.4. The fraction of sp³-hybridized carbons (Fsp3) is 0.130. The Kier molecular flexibility index (Phi) is 4.89. The van der Waals surface area contributed by atoms with Crippen LogP contribution in [0.3, 0.4) is 0 Å². The van der Waals surface area contributed by atoms with Crippen LogP contribution in [0.4, 0.5) is 9.18 Å². The van der Waals surface area contributed by atoms with Gasteiger partial charge in [0.25, 0.3) is 0 Å². The van der Waals surface area contributed by atoms with Gasteiger partial charge in [0.1, 0.15) is 5.82 Å². The van der Waals surface area contributed by atoms with Crippen LogP contribution in [0.2, 0.25) is 0 Å². The van der Waals surface area contributed by atoms with Crippen LogP contribution in [0.1, 0.15) is 22.7 Å². The molecule has 140 valence electrons. The first-order valence-corrected chi connectivity index (χ1v) is 9.07. The highest BCUT2D eigenvalue weighted by Crippen LogP contribution is 2.34. The minimum Gasteiger partial charge on any atom is -0.465 e. The van der Waals surface area contributed by atoms with Crippen molar-refractivity contribution in [3.8, 4) is 11.1 Å². The quantitative estimate of drug-likeness (QED) is 0.684. The van der Waals surface area contributed by atoms with Gasteiger partial charge in [-0.1, -0.05) is 48.5 Å². The first-order chi connectivity index (χ1) is 13.6. The molecule has 28 heavy (non-hydrogen) atoms. The van der Waals surface area contributed by atoms with Gasteiger partial charge >= 0.3 is 6.09 Å². The zero-order chi connectivity index (χ0) is 19.5. The smallest absolute Gasteiger partial charge is 0.404 e. The number of fused-ring (bicyclic) bond motifs is 1. The Morgan fingerprint density at radius 2 is 1.96 bits per heavy atom. The van der Waals surface area contributed by atoms with Crippen molar-refractivity contribution < 1.29 is 14.3 Å². The van der Waals surface area contributed by atoms with Crippen molar-refractivity contribution >= 4 is 12.2 Å². The zero-order valence-electron chi connectivity index (χ0n) is 15.0. The van der Waals surface area contributed by atoms with Gasteiger partial charge in [-0.2, -0.15) is 0 Å². The van der Waals surface area contributed by atoms with Crippen molar-refractivity contribution in [3.05, 3.63) is 95.6 Å². The van der Waals surface area contributed by atoms with E-state index in [4.69, 9.17) is 5.11 Å². The van der Waals surface area contributed by atoms with Crippen LogP contribution in [-0.2, 0) is 6.42 Å². The van der Waals surface area contributed by atoms with Gasteiger partial charge in [-0.15, -0.1) is 0 Å². The molecule has 4 nitrogen and oxygen atoms in total. The number of halogens is 1. The fourth-order valence-corrected chi connectivity index (χ4v) is 3.71. The SMILES string of the molecule is O=C(O)N[C@H]1Cc2ccccc2[C@@H]1C=Cc1ccc(-c2cccc(F)c2)cn1. The molecule has 2 atom stereocenters. The zero-order valence-corrected chi connectivity index (χ0v) is 15.0. The Hall–Kier alpha value is -3.47. The fourth-order valence-electron chi connectivity index (χ4n) is 3.71. The van der Waals surface area contributed by atoms with Crippen LogP contribution in [0.25, 0.3) is 17.2 Å². The summed E-state index contributed by atoms with van der Waals surface area (Å²) >= 11 is 0. The van der Waals surface area contributed by atoms with E-state index in [0.29, 0.717) is 6.42 Å². The van der Waals surface area contributed by atoms with Crippen LogP contribution in [0.15, 0.2) is 72.9 Å². The van der Waals surface area contributed by atoms with E-state index in [2.05, 4.69) is 10.3 Å². The summed E-state index contributed by atoms with van der Waals surface area (Å²) in [6.45, 7) is 0. The van der Waals surface area contributed by atoms with Gasteiger partial charge in [0.15, 0.2) is 0 Å². The van der Waals surface area contributed by atoms with Gasteiger partial charge in [0, 0.05) is 23.7 Å². The number of carboxylic acid groups (broad SMARTS) is 1. The molecule has 0 aliphatic heterocycles. The molecule has 1 heterocycles.